The minimum Gasteiger partial charge on any atom is -0.507 e. The number of ketones is 1. The lowest BCUT2D eigenvalue weighted by atomic mass is 9.95. The molecule has 1 unspecified atom stereocenters. The molecule has 0 radical (unpaired) electrons. The van der Waals surface area contributed by atoms with Gasteiger partial charge in [0, 0.05) is 43.4 Å². The number of aliphatic hydroxyl groups is 1. The first-order valence-electron chi connectivity index (χ1n) is 9.36. The average Bonchev–Trinajstić information content (AvgIpc) is 3.37. The molecule has 1 N–H and O–H groups in total. The fourth-order valence-electron chi connectivity index (χ4n) is 3.60. The molecule has 1 aliphatic rings. The van der Waals surface area contributed by atoms with Crippen molar-refractivity contribution >= 4 is 17.4 Å². The Morgan fingerprint density at radius 1 is 0.966 bits per heavy atom. The first-order valence-corrected chi connectivity index (χ1v) is 9.36. The molecule has 0 aliphatic carbocycles. The smallest absolute Gasteiger partial charge is 0.295 e. The second-order valence-corrected chi connectivity index (χ2v) is 6.79. The Labute approximate surface area is 168 Å². The van der Waals surface area contributed by atoms with Gasteiger partial charge in [0.15, 0.2) is 0 Å². The van der Waals surface area contributed by atoms with Crippen LogP contribution >= 0.6 is 0 Å². The fourth-order valence-corrected chi connectivity index (χ4v) is 3.60. The molecule has 3 aromatic rings. The molecule has 29 heavy (non-hydrogen) atoms. The van der Waals surface area contributed by atoms with Gasteiger partial charge in [0.25, 0.3) is 11.7 Å². The number of hydrogen-bond acceptors (Lipinski definition) is 5. The van der Waals surface area contributed by atoms with Crippen molar-refractivity contribution in [2.24, 2.45) is 0 Å². The van der Waals surface area contributed by atoms with Crippen molar-refractivity contribution in [1.82, 2.24) is 19.4 Å². The molecule has 1 atom stereocenters. The summed E-state index contributed by atoms with van der Waals surface area (Å²) in [6.07, 6.45) is 8.99. The van der Waals surface area contributed by atoms with Gasteiger partial charge >= 0.3 is 0 Å². The van der Waals surface area contributed by atoms with Gasteiger partial charge in [0.05, 0.1) is 17.9 Å². The number of aryl methyl sites for hydroxylation is 1. The number of carbonyl (C=O) groups excluding carboxylic acids is 2. The first kappa shape index (κ1) is 18.6. The number of aromatic nitrogens is 3. The van der Waals surface area contributed by atoms with Gasteiger partial charge in [-0.25, -0.2) is 4.98 Å². The van der Waals surface area contributed by atoms with Gasteiger partial charge in [-0.3, -0.25) is 14.6 Å². The molecule has 1 aromatic carbocycles. The van der Waals surface area contributed by atoms with Crippen molar-refractivity contribution in [2.45, 2.75) is 19.0 Å². The second-order valence-electron chi connectivity index (χ2n) is 6.79. The summed E-state index contributed by atoms with van der Waals surface area (Å²) < 4.78 is 1.92. The molecule has 3 heterocycles. The zero-order valence-corrected chi connectivity index (χ0v) is 15.7. The second kappa shape index (κ2) is 8.10. The molecular weight excluding hydrogens is 368 g/mol. The van der Waals surface area contributed by atoms with Crippen LogP contribution in [0.2, 0.25) is 0 Å². The van der Waals surface area contributed by atoms with Gasteiger partial charge in [-0.05, 0) is 24.1 Å². The van der Waals surface area contributed by atoms with E-state index in [9.17, 15) is 14.7 Å². The Balaban J connectivity index is 1.70. The Hall–Kier alpha value is -3.74. The van der Waals surface area contributed by atoms with Crippen LogP contribution < -0.4 is 0 Å². The molecule has 0 spiro atoms. The third kappa shape index (κ3) is 3.67. The van der Waals surface area contributed by atoms with Crippen molar-refractivity contribution in [1.29, 1.82) is 0 Å². The summed E-state index contributed by atoms with van der Waals surface area (Å²) in [6, 6.07) is 11.9. The van der Waals surface area contributed by atoms with Crippen LogP contribution in [0.1, 0.15) is 23.6 Å². The van der Waals surface area contributed by atoms with Crippen LogP contribution in [-0.2, 0) is 16.1 Å². The van der Waals surface area contributed by atoms with Gasteiger partial charge in [-0.15, -0.1) is 0 Å². The van der Waals surface area contributed by atoms with Crippen molar-refractivity contribution in [3.05, 3.63) is 90.3 Å². The van der Waals surface area contributed by atoms with Gasteiger partial charge in [0.2, 0.25) is 0 Å². The number of hydrogen-bond donors (Lipinski definition) is 1. The van der Waals surface area contributed by atoms with Gasteiger partial charge in [-0.2, -0.15) is 0 Å². The number of carbonyl (C=O) groups is 2. The van der Waals surface area contributed by atoms with Crippen LogP contribution in [0, 0.1) is 0 Å². The summed E-state index contributed by atoms with van der Waals surface area (Å²) in [4.78, 5) is 35.2. The highest BCUT2D eigenvalue weighted by molar-refractivity contribution is 6.46. The zero-order valence-electron chi connectivity index (χ0n) is 15.7. The summed E-state index contributed by atoms with van der Waals surface area (Å²) in [5.74, 6) is -1.45. The maximum atomic E-state index is 12.9. The third-order valence-electron chi connectivity index (χ3n) is 4.98. The van der Waals surface area contributed by atoms with Crippen molar-refractivity contribution in [2.75, 3.05) is 6.54 Å². The highest BCUT2D eigenvalue weighted by Gasteiger charge is 2.45. The highest BCUT2D eigenvalue weighted by atomic mass is 16.3. The largest absolute Gasteiger partial charge is 0.507 e. The molecule has 7 nitrogen and oxygen atoms in total. The van der Waals surface area contributed by atoms with Gasteiger partial charge in [0.1, 0.15) is 5.76 Å². The summed E-state index contributed by atoms with van der Waals surface area (Å²) in [5, 5.41) is 10.9. The third-order valence-corrected chi connectivity index (χ3v) is 4.98. The molecule has 146 valence electrons. The fraction of sp³-hybridized carbons (Fsp3) is 0.182. The molecule has 0 bridgehead atoms. The van der Waals surface area contributed by atoms with E-state index in [1.54, 1.807) is 29.6 Å². The van der Waals surface area contributed by atoms with Crippen LogP contribution in [0.25, 0.3) is 5.76 Å². The van der Waals surface area contributed by atoms with E-state index in [0.29, 0.717) is 25.1 Å². The normalized spacial score (nSPS) is 18.3. The highest BCUT2D eigenvalue weighted by Crippen LogP contribution is 2.39. The zero-order chi connectivity index (χ0) is 20.2. The summed E-state index contributed by atoms with van der Waals surface area (Å²) >= 11 is 0. The number of benzene rings is 1. The topological polar surface area (TPSA) is 88.3 Å². The van der Waals surface area contributed by atoms with Crippen LogP contribution in [-0.4, -0.2) is 42.8 Å². The van der Waals surface area contributed by atoms with E-state index < -0.39 is 17.7 Å². The number of aliphatic hydroxyl groups excluding tert-OH is 1. The minimum atomic E-state index is -0.671. The Kier molecular flexibility index (Phi) is 5.20. The molecule has 1 aliphatic heterocycles. The number of amides is 1. The predicted octanol–water partition coefficient (Wildman–Crippen LogP) is 2.79. The van der Waals surface area contributed by atoms with Crippen LogP contribution in [0.15, 0.2) is 79.2 Å². The lowest BCUT2D eigenvalue weighted by Gasteiger charge is -2.25. The van der Waals surface area contributed by atoms with Crippen LogP contribution in [0.3, 0.4) is 0 Å². The molecule has 1 fully saturated rings. The summed E-state index contributed by atoms with van der Waals surface area (Å²) in [7, 11) is 0. The SMILES string of the molecule is O=C1C(=O)N(CCCn2ccnc2)C(c2ccccc2)C1=C(O)c1ccncc1. The van der Waals surface area contributed by atoms with Crippen LogP contribution in [0.4, 0.5) is 0 Å². The average molecular weight is 388 g/mol. The monoisotopic (exact) mass is 388 g/mol. The number of rotatable bonds is 6. The molecule has 1 amide bonds. The maximum Gasteiger partial charge on any atom is 0.295 e. The first-order chi connectivity index (χ1) is 14.2. The Morgan fingerprint density at radius 2 is 1.72 bits per heavy atom. The number of likely N-dealkylation sites (tertiary alicyclic amines) is 1. The molecule has 2 aromatic heterocycles. The Bertz CT molecular complexity index is 1030. The molecule has 0 saturated carbocycles. The van der Waals surface area contributed by atoms with Crippen molar-refractivity contribution in [3.63, 3.8) is 0 Å². The number of pyridine rings is 1. The number of nitrogens with zero attached hydrogens (tertiary/aromatic N) is 4. The lowest BCUT2D eigenvalue weighted by Crippen LogP contribution is -2.31. The van der Waals surface area contributed by atoms with E-state index in [2.05, 4.69) is 9.97 Å². The summed E-state index contributed by atoms with van der Waals surface area (Å²) in [5.41, 5.74) is 1.34. The number of imidazole rings is 1. The van der Waals surface area contributed by atoms with Crippen LogP contribution in [0.5, 0.6) is 0 Å². The molecule has 1 saturated heterocycles. The predicted molar refractivity (Wildman–Crippen MR) is 107 cm³/mol. The quantitative estimate of drug-likeness (QED) is 0.399. The van der Waals surface area contributed by atoms with E-state index in [-0.39, 0.29) is 11.3 Å². The van der Waals surface area contributed by atoms with Crippen molar-refractivity contribution < 1.29 is 14.7 Å². The molecular formula is C22H20N4O3. The van der Waals surface area contributed by atoms with E-state index in [4.69, 9.17) is 0 Å². The van der Waals surface area contributed by atoms with E-state index in [1.165, 1.54) is 12.4 Å². The Morgan fingerprint density at radius 3 is 2.41 bits per heavy atom. The minimum absolute atomic E-state index is 0.107. The van der Waals surface area contributed by atoms with Gasteiger partial charge in [-0.1, -0.05) is 30.3 Å². The van der Waals surface area contributed by atoms with E-state index in [1.807, 2.05) is 41.1 Å². The standard InChI is InChI=1S/C22H20N4O3/c27-20(17-7-9-23-10-8-17)18-19(16-5-2-1-3-6-16)26(22(29)21(18)28)13-4-12-25-14-11-24-15-25/h1-3,5-11,14-15,19,27H,4,12-13H2. The van der Waals surface area contributed by atoms with Gasteiger partial charge < -0.3 is 14.6 Å². The van der Waals surface area contributed by atoms with Crippen molar-refractivity contribution in [3.8, 4) is 0 Å². The number of Topliss-reactive ketones (excluding diaryl/α,β-unsaturated/α-hetero) is 1. The maximum absolute atomic E-state index is 12.9. The van der Waals surface area contributed by atoms with E-state index in [0.717, 1.165) is 5.56 Å². The molecule has 4 rings (SSSR count). The van der Waals surface area contributed by atoms with E-state index >= 15 is 0 Å². The lowest BCUT2D eigenvalue weighted by molar-refractivity contribution is -0.139. The molecule has 7 heteroatoms. The summed E-state index contributed by atoms with van der Waals surface area (Å²) in [6.45, 7) is 1.06.